The van der Waals surface area contributed by atoms with Gasteiger partial charge in [0, 0.05) is 13.5 Å². The van der Waals surface area contributed by atoms with Gasteiger partial charge in [-0.1, -0.05) is 0 Å². The third-order valence-electron chi connectivity index (χ3n) is 1.78. The van der Waals surface area contributed by atoms with E-state index < -0.39 is 37.4 Å². The quantitative estimate of drug-likeness (QED) is 0.616. The lowest BCUT2D eigenvalue weighted by Crippen LogP contribution is -2.38. The molecule has 0 bridgehead atoms. The van der Waals surface area contributed by atoms with Gasteiger partial charge in [0.25, 0.3) is 0 Å². The molecule has 6 nitrogen and oxygen atoms in total. The molecule has 1 unspecified atom stereocenters. The summed E-state index contributed by atoms with van der Waals surface area (Å²) in [6.07, 6.45) is -5.90. The third-order valence-corrected chi connectivity index (χ3v) is 1.78. The predicted octanol–water partition coefficient (Wildman–Crippen LogP) is 0.171. The average Bonchev–Trinajstić information content (AvgIpc) is 2.23. The van der Waals surface area contributed by atoms with Crippen LogP contribution in [0.2, 0.25) is 0 Å². The Labute approximate surface area is 101 Å². The molecule has 0 saturated carbocycles. The molecule has 0 saturated heterocycles. The van der Waals surface area contributed by atoms with Gasteiger partial charge in [-0.2, -0.15) is 13.2 Å². The number of carbonyl (C=O) groups is 2. The Morgan fingerprint density at radius 1 is 1.39 bits per heavy atom. The fourth-order valence-corrected chi connectivity index (χ4v) is 0.919. The van der Waals surface area contributed by atoms with Gasteiger partial charge in [-0.3, -0.25) is 4.79 Å². The topological polar surface area (TPSA) is 84.9 Å². The zero-order valence-corrected chi connectivity index (χ0v) is 9.62. The van der Waals surface area contributed by atoms with Gasteiger partial charge in [0.05, 0.1) is 13.2 Å². The highest BCUT2D eigenvalue weighted by molar-refractivity contribution is 5.78. The molecule has 0 radical (unpaired) electrons. The van der Waals surface area contributed by atoms with Crippen LogP contribution in [0.1, 0.15) is 6.42 Å². The van der Waals surface area contributed by atoms with Crippen molar-refractivity contribution in [2.24, 2.45) is 0 Å². The van der Waals surface area contributed by atoms with Crippen molar-refractivity contribution in [1.82, 2.24) is 5.32 Å². The molecule has 18 heavy (non-hydrogen) atoms. The zero-order chi connectivity index (χ0) is 14.2. The van der Waals surface area contributed by atoms with Gasteiger partial charge in [0.1, 0.15) is 6.61 Å². The fraction of sp³-hybridized carbons (Fsp3) is 0.778. The number of aliphatic carboxylic acids is 1. The van der Waals surface area contributed by atoms with Crippen molar-refractivity contribution in [2.45, 2.75) is 18.7 Å². The Hall–Kier alpha value is -1.35. The summed E-state index contributed by atoms with van der Waals surface area (Å²) in [4.78, 5) is 21.6. The summed E-state index contributed by atoms with van der Waals surface area (Å²) in [5.74, 6) is -1.86. The molecular weight excluding hydrogens is 259 g/mol. The van der Waals surface area contributed by atoms with Crippen molar-refractivity contribution in [3.05, 3.63) is 0 Å². The maximum atomic E-state index is 11.7. The smallest absolute Gasteiger partial charge is 0.411 e. The van der Waals surface area contributed by atoms with Crippen LogP contribution in [0.5, 0.6) is 0 Å². The molecule has 0 aromatic rings. The Morgan fingerprint density at radius 2 is 2.00 bits per heavy atom. The Balaban J connectivity index is 3.69. The number of rotatable bonds is 8. The number of hydrogen-bond acceptors (Lipinski definition) is 4. The van der Waals surface area contributed by atoms with Crippen LogP contribution in [0.25, 0.3) is 0 Å². The Kier molecular flexibility index (Phi) is 7.29. The van der Waals surface area contributed by atoms with Crippen LogP contribution in [0.15, 0.2) is 0 Å². The molecule has 0 aliphatic heterocycles. The molecular formula is C9H14F3NO5. The van der Waals surface area contributed by atoms with Gasteiger partial charge in [0.2, 0.25) is 5.91 Å². The minimum Gasteiger partial charge on any atom is -0.479 e. The molecule has 0 spiro atoms. The number of carbonyl (C=O) groups excluding carboxylic acids is 1. The summed E-state index contributed by atoms with van der Waals surface area (Å²) in [5, 5.41) is 10.8. The lowest BCUT2D eigenvalue weighted by atomic mass is 10.3. The highest BCUT2D eigenvalue weighted by Gasteiger charge is 2.27. The van der Waals surface area contributed by atoms with E-state index in [0.29, 0.717) is 0 Å². The number of hydrogen-bond donors (Lipinski definition) is 2. The third kappa shape index (κ3) is 8.76. The maximum absolute atomic E-state index is 11.7. The number of carboxylic acids is 1. The van der Waals surface area contributed by atoms with E-state index in [9.17, 15) is 22.8 Å². The SMILES string of the molecule is COC(CNC(=O)CCOCC(F)(F)F)C(=O)O. The van der Waals surface area contributed by atoms with Crippen LogP contribution in [-0.4, -0.2) is 56.1 Å². The molecule has 1 atom stereocenters. The van der Waals surface area contributed by atoms with Crippen molar-refractivity contribution < 1.29 is 37.3 Å². The first-order valence-corrected chi connectivity index (χ1v) is 4.93. The largest absolute Gasteiger partial charge is 0.479 e. The molecule has 0 rings (SSSR count). The number of carboxylic acid groups (broad SMARTS) is 1. The average molecular weight is 273 g/mol. The van der Waals surface area contributed by atoms with Crippen molar-refractivity contribution in [1.29, 1.82) is 0 Å². The normalized spacial score (nSPS) is 13.1. The minimum atomic E-state index is -4.43. The van der Waals surface area contributed by atoms with Crippen LogP contribution in [0, 0.1) is 0 Å². The first kappa shape index (κ1) is 16.6. The number of amides is 1. The zero-order valence-electron chi connectivity index (χ0n) is 9.62. The van der Waals surface area contributed by atoms with E-state index in [1.54, 1.807) is 0 Å². The van der Waals surface area contributed by atoms with E-state index in [0.717, 1.165) is 7.11 Å². The number of alkyl halides is 3. The summed E-state index contributed by atoms with van der Waals surface area (Å²) in [6, 6.07) is 0. The molecule has 0 aliphatic carbocycles. The monoisotopic (exact) mass is 273 g/mol. The predicted molar refractivity (Wildman–Crippen MR) is 52.9 cm³/mol. The molecule has 0 aromatic heterocycles. The number of methoxy groups -OCH3 is 1. The highest BCUT2D eigenvalue weighted by atomic mass is 19.4. The molecule has 9 heteroatoms. The van der Waals surface area contributed by atoms with Crippen LogP contribution in [-0.2, 0) is 19.1 Å². The van der Waals surface area contributed by atoms with E-state index in [4.69, 9.17) is 5.11 Å². The van der Waals surface area contributed by atoms with E-state index in [1.807, 2.05) is 0 Å². The summed E-state index contributed by atoms with van der Waals surface area (Å²) in [5.41, 5.74) is 0. The highest BCUT2D eigenvalue weighted by Crippen LogP contribution is 2.14. The second-order valence-corrected chi connectivity index (χ2v) is 3.28. The molecule has 0 heterocycles. The Bertz CT molecular complexity index is 282. The number of nitrogens with one attached hydrogen (secondary N) is 1. The van der Waals surface area contributed by atoms with Crippen molar-refractivity contribution in [3.63, 3.8) is 0 Å². The van der Waals surface area contributed by atoms with Crippen LogP contribution in [0.4, 0.5) is 13.2 Å². The summed E-state index contributed by atoms with van der Waals surface area (Å²) in [7, 11) is 1.16. The van der Waals surface area contributed by atoms with Crippen LogP contribution in [0.3, 0.4) is 0 Å². The van der Waals surface area contributed by atoms with E-state index in [-0.39, 0.29) is 13.0 Å². The molecule has 0 aromatic carbocycles. The first-order chi connectivity index (χ1) is 8.26. The van der Waals surface area contributed by atoms with Gasteiger partial charge in [-0.25, -0.2) is 4.79 Å². The lowest BCUT2D eigenvalue weighted by molar-refractivity contribution is -0.174. The second kappa shape index (κ2) is 7.88. The van der Waals surface area contributed by atoms with Crippen molar-refractivity contribution in [3.8, 4) is 0 Å². The Morgan fingerprint density at radius 3 is 2.44 bits per heavy atom. The summed E-state index contributed by atoms with van der Waals surface area (Å²) in [6.45, 7) is -2.07. The summed E-state index contributed by atoms with van der Waals surface area (Å²) >= 11 is 0. The van der Waals surface area contributed by atoms with Crippen LogP contribution < -0.4 is 5.32 Å². The molecule has 0 fully saturated rings. The fourth-order valence-electron chi connectivity index (χ4n) is 0.919. The number of ether oxygens (including phenoxy) is 2. The molecule has 106 valence electrons. The molecule has 2 N–H and O–H groups in total. The van der Waals surface area contributed by atoms with Gasteiger partial charge >= 0.3 is 12.1 Å². The van der Waals surface area contributed by atoms with Crippen molar-refractivity contribution in [2.75, 3.05) is 26.9 Å². The van der Waals surface area contributed by atoms with Gasteiger partial charge < -0.3 is 19.9 Å². The van der Waals surface area contributed by atoms with Gasteiger partial charge in [0.15, 0.2) is 6.10 Å². The van der Waals surface area contributed by atoms with Gasteiger partial charge in [-0.15, -0.1) is 0 Å². The minimum absolute atomic E-state index is 0.260. The first-order valence-electron chi connectivity index (χ1n) is 4.93. The molecule has 0 aliphatic rings. The van der Waals surface area contributed by atoms with Crippen LogP contribution >= 0.6 is 0 Å². The van der Waals surface area contributed by atoms with Gasteiger partial charge in [-0.05, 0) is 0 Å². The molecule has 1 amide bonds. The van der Waals surface area contributed by atoms with E-state index >= 15 is 0 Å². The standard InChI is InChI=1S/C9H14F3NO5/c1-17-6(8(15)16)4-13-7(14)2-3-18-5-9(10,11)12/h6H,2-5H2,1H3,(H,13,14)(H,15,16). The van der Waals surface area contributed by atoms with E-state index in [2.05, 4.69) is 14.8 Å². The van der Waals surface area contributed by atoms with E-state index in [1.165, 1.54) is 0 Å². The maximum Gasteiger partial charge on any atom is 0.411 e. The van der Waals surface area contributed by atoms with Crippen molar-refractivity contribution >= 4 is 11.9 Å². The number of halogens is 3. The summed E-state index contributed by atoms with van der Waals surface area (Å²) < 4.78 is 43.7. The lowest BCUT2D eigenvalue weighted by Gasteiger charge is -2.11. The second-order valence-electron chi connectivity index (χ2n) is 3.28.